The van der Waals surface area contributed by atoms with E-state index in [9.17, 15) is 19.2 Å². The normalized spacial score (nSPS) is 12.6. The summed E-state index contributed by atoms with van der Waals surface area (Å²) in [4.78, 5) is 51.9. The van der Waals surface area contributed by atoms with E-state index in [1.807, 2.05) is 25.5 Å². The zero-order valence-corrected chi connectivity index (χ0v) is 19.4. The lowest BCUT2D eigenvalue weighted by molar-refractivity contribution is 0.0471. The van der Waals surface area contributed by atoms with Gasteiger partial charge < -0.3 is 14.0 Å². The maximum absolute atomic E-state index is 12.8. The van der Waals surface area contributed by atoms with Crippen molar-refractivity contribution in [3.8, 4) is 5.75 Å². The van der Waals surface area contributed by atoms with Crippen molar-refractivity contribution in [1.82, 2.24) is 9.47 Å². The summed E-state index contributed by atoms with van der Waals surface area (Å²) in [5, 5.41) is 0. The van der Waals surface area contributed by atoms with E-state index in [1.165, 1.54) is 13.2 Å². The third-order valence-electron chi connectivity index (χ3n) is 6.11. The van der Waals surface area contributed by atoms with Gasteiger partial charge in [-0.15, -0.1) is 0 Å². The molecule has 2 aromatic carbocycles. The van der Waals surface area contributed by atoms with Crippen LogP contribution in [0.2, 0.25) is 0 Å². The molecule has 3 aromatic rings. The fraction of sp³-hybridized carbons (Fsp3) is 0.231. The Morgan fingerprint density at radius 2 is 1.56 bits per heavy atom. The molecule has 0 N–H and O–H groups in total. The first kappa shape index (κ1) is 23.0. The van der Waals surface area contributed by atoms with Gasteiger partial charge in [0.2, 0.25) is 5.78 Å². The summed E-state index contributed by atoms with van der Waals surface area (Å²) in [5.41, 5.74) is 3.57. The Balaban J connectivity index is 1.51. The predicted octanol–water partition coefficient (Wildman–Crippen LogP) is 3.49. The molecule has 0 unspecified atom stereocenters. The molecule has 0 aliphatic carbocycles. The number of aromatic nitrogens is 1. The first-order valence-corrected chi connectivity index (χ1v) is 10.7. The first-order chi connectivity index (χ1) is 16.2. The number of carbonyl (C=O) groups excluding carboxylic acids is 4. The van der Waals surface area contributed by atoms with Crippen LogP contribution in [0.25, 0.3) is 0 Å². The number of amides is 2. The first-order valence-electron chi connectivity index (χ1n) is 10.7. The van der Waals surface area contributed by atoms with Gasteiger partial charge in [0, 0.05) is 24.0 Å². The number of benzene rings is 2. The molecule has 0 saturated carbocycles. The largest absolute Gasteiger partial charge is 0.496 e. The van der Waals surface area contributed by atoms with E-state index in [-0.39, 0.29) is 35.5 Å². The SMILES string of the molecule is COc1ccc(CN2C(=O)c3ccccc3C2=O)cc1C(=O)OCC(=O)c1cc(C)n(C)c1C. The van der Waals surface area contributed by atoms with Crippen LogP contribution in [0.4, 0.5) is 0 Å². The molecule has 1 aliphatic rings. The maximum Gasteiger partial charge on any atom is 0.342 e. The number of Topliss-reactive ketones (excluding diaryl/α,β-unsaturated/α-hetero) is 1. The summed E-state index contributed by atoms with van der Waals surface area (Å²) in [7, 11) is 3.27. The number of aryl methyl sites for hydroxylation is 1. The van der Waals surface area contributed by atoms with Gasteiger partial charge >= 0.3 is 5.97 Å². The van der Waals surface area contributed by atoms with Crippen molar-refractivity contribution in [3.63, 3.8) is 0 Å². The molecule has 0 radical (unpaired) electrons. The van der Waals surface area contributed by atoms with Crippen LogP contribution in [-0.2, 0) is 18.3 Å². The topological polar surface area (TPSA) is 94.9 Å². The number of hydrogen-bond acceptors (Lipinski definition) is 6. The standard InChI is InChI=1S/C26H24N2O6/c1-15-11-20(16(2)27(15)3)22(29)14-34-26(32)21-12-17(9-10-23(21)33-4)13-28-24(30)18-7-5-6-8-19(18)25(28)31/h5-12H,13-14H2,1-4H3. The summed E-state index contributed by atoms with van der Waals surface area (Å²) in [6, 6.07) is 13.1. The second-order valence-corrected chi connectivity index (χ2v) is 8.12. The van der Waals surface area contributed by atoms with Crippen molar-refractivity contribution >= 4 is 23.6 Å². The molecule has 2 amide bonds. The second-order valence-electron chi connectivity index (χ2n) is 8.12. The van der Waals surface area contributed by atoms with Crippen LogP contribution in [-0.4, -0.2) is 46.8 Å². The Hall–Kier alpha value is -4.20. The molecule has 2 heterocycles. The lowest BCUT2D eigenvalue weighted by Crippen LogP contribution is -2.29. The van der Waals surface area contributed by atoms with E-state index in [0.717, 1.165) is 16.3 Å². The van der Waals surface area contributed by atoms with Gasteiger partial charge in [-0.25, -0.2) is 4.79 Å². The van der Waals surface area contributed by atoms with Crippen molar-refractivity contribution in [2.24, 2.45) is 7.05 Å². The van der Waals surface area contributed by atoms with E-state index >= 15 is 0 Å². The van der Waals surface area contributed by atoms with E-state index < -0.39 is 12.6 Å². The number of hydrogen-bond donors (Lipinski definition) is 0. The Morgan fingerprint density at radius 3 is 2.12 bits per heavy atom. The van der Waals surface area contributed by atoms with E-state index in [1.54, 1.807) is 42.5 Å². The van der Waals surface area contributed by atoms with Crippen LogP contribution < -0.4 is 4.74 Å². The number of esters is 1. The number of nitrogens with zero attached hydrogens (tertiary/aromatic N) is 2. The van der Waals surface area contributed by atoms with Gasteiger partial charge in [-0.05, 0) is 49.7 Å². The quantitative estimate of drug-likeness (QED) is 0.304. The van der Waals surface area contributed by atoms with Gasteiger partial charge in [0.05, 0.1) is 24.8 Å². The molecule has 8 nitrogen and oxygen atoms in total. The van der Waals surface area contributed by atoms with Crippen LogP contribution >= 0.6 is 0 Å². The average Bonchev–Trinajstić information content (AvgIpc) is 3.24. The number of ketones is 1. The zero-order valence-electron chi connectivity index (χ0n) is 19.4. The summed E-state index contributed by atoms with van der Waals surface area (Å²) >= 11 is 0. The van der Waals surface area contributed by atoms with Crippen LogP contribution in [0.3, 0.4) is 0 Å². The van der Waals surface area contributed by atoms with Gasteiger partial charge in [0.1, 0.15) is 11.3 Å². The Kier molecular flexibility index (Phi) is 6.06. The Bertz CT molecular complexity index is 1300. The molecular formula is C26H24N2O6. The van der Waals surface area contributed by atoms with Gasteiger partial charge in [-0.1, -0.05) is 18.2 Å². The summed E-state index contributed by atoms with van der Waals surface area (Å²) in [5.74, 6) is -1.56. The summed E-state index contributed by atoms with van der Waals surface area (Å²) in [6.07, 6.45) is 0. The van der Waals surface area contributed by atoms with Crippen LogP contribution in [0.1, 0.15) is 58.4 Å². The molecule has 0 bridgehead atoms. The molecule has 8 heteroatoms. The Morgan fingerprint density at radius 1 is 0.912 bits per heavy atom. The minimum absolute atomic E-state index is 0.0158. The molecule has 34 heavy (non-hydrogen) atoms. The number of methoxy groups -OCH3 is 1. The number of fused-ring (bicyclic) bond motifs is 1. The Labute approximate surface area is 196 Å². The lowest BCUT2D eigenvalue weighted by Gasteiger charge is -2.16. The molecule has 4 rings (SSSR count). The third-order valence-corrected chi connectivity index (χ3v) is 6.11. The summed E-state index contributed by atoms with van der Waals surface area (Å²) in [6.45, 7) is 3.28. The average molecular weight is 460 g/mol. The van der Waals surface area contributed by atoms with Crippen molar-refractivity contribution in [1.29, 1.82) is 0 Å². The highest BCUT2D eigenvalue weighted by atomic mass is 16.5. The van der Waals surface area contributed by atoms with Gasteiger partial charge in [0.15, 0.2) is 6.61 Å². The number of ether oxygens (including phenoxy) is 2. The maximum atomic E-state index is 12.8. The molecule has 174 valence electrons. The van der Waals surface area contributed by atoms with Crippen LogP contribution in [0.15, 0.2) is 48.5 Å². The molecular weight excluding hydrogens is 436 g/mol. The van der Waals surface area contributed by atoms with Crippen LogP contribution in [0.5, 0.6) is 5.75 Å². The van der Waals surface area contributed by atoms with E-state index in [4.69, 9.17) is 9.47 Å². The van der Waals surface area contributed by atoms with Crippen molar-refractivity contribution in [2.75, 3.05) is 13.7 Å². The molecule has 0 fully saturated rings. The smallest absolute Gasteiger partial charge is 0.342 e. The van der Waals surface area contributed by atoms with E-state index in [2.05, 4.69) is 0 Å². The zero-order chi connectivity index (χ0) is 24.6. The van der Waals surface area contributed by atoms with Gasteiger partial charge in [-0.2, -0.15) is 0 Å². The number of rotatable bonds is 7. The van der Waals surface area contributed by atoms with Crippen molar-refractivity contribution in [3.05, 3.63) is 87.7 Å². The van der Waals surface area contributed by atoms with Gasteiger partial charge in [-0.3, -0.25) is 19.3 Å². The molecule has 1 aromatic heterocycles. The number of carbonyl (C=O) groups is 4. The highest BCUT2D eigenvalue weighted by Gasteiger charge is 2.35. The predicted molar refractivity (Wildman–Crippen MR) is 123 cm³/mol. The molecule has 0 atom stereocenters. The minimum Gasteiger partial charge on any atom is -0.496 e. The summed E-state index contributed by atoms with van der Waals surface area (Å²) < 4.78 is 12.5. The van der Waals surface area contributed by atoms with Crippen molar-refractivity contribution < 1.29 is 28.7 Å². The lowest BCUT2D eigenvalue weighted by atomic mass is 10.1. The third kappa shape index (κ3) is 3.98. The van der Waals surface area contributed by atoms with Crippen molar-refractivity contribution in [2.45, 2.75) is 20.4 Å². The monoisotopic (exact) mass is 460 g/mol. The molecule has 0 spiro atoms. The fourth-order valence-electron chi connectivity index (χ4n) is 4.00. The molecule has 1 aliphatic heterocycles. The second kappa shape index (κ2) is 8.97. The highest BCUT2D eigenvalue weighted by molar-refractivity contribution is 6.21. The minimum atomic E-state index is -0.736. The highest BCUT2D eigenvalue weighted by Crippen LogP contribution is 2.27. The van der Waals surface area contributed by atoms with Crippen LogP contribution in [0, 0.1) is 13.8 Å². The van der Waals surface area contributed by atoms with E-state index in [0.29, 0.717) is 22.3 Å². The number of imide groups is 1. The molecule has 0 saturated heterocycles. The van der Waals surface area contributed by atoms with Gasteiger partial charge in [0.25, 0.3) is 11.8 Å². The fourth-order valence-corrected chi connectivity index (χ4v) is 4.00.